The SMILES string of the molecule is COc1ccc(-c2sc(NCC3CCCCC3)nc2C)cc1S(=O)(=O)NC1CCN(C2CCCC2)CC1. The second kappa shape index (κ2) is 12.0. The van der Waals surface area contributed by atoms with E-state index in [9.17, 15) is 8.42 Å². The van der Waals surface area contributed by atoms with Gasteiger partial charge >= 0.3 is 0 Å². The summed E-state index contributed by atoms with van der Waals surface area (Å²) in [4.78, 5) is 8.51. The van der Waals surface area contributed by atoms with Gasteiger partial charge in [0.05, 0.1) is 17.7 Å². The number of aromatic nitrogens is 1. The first-order valence-electron chi connectivity index (χ1n) is 14.1. The van der Waals surface area contributed by atoms with Crippen LogP contribution in [0, 0.1) is 12.8 Å². The van der Waals surface area contributed by atoms with E-state index in [1.807, 2.05) is 13.0 Å². The van der Waals surface area contributed by atoms with Crippen LogP contribution >= 0.6 is 11.3 Å². The van der Waals surface area contributed by atoms with Gasteiger partial charge in [-0.15, -0.1) is 0 Å². The van der Waals surface area contributed by atoms with Crippen LogP contribution in [0.1, 0.15) is 76.3 Å². The Bertz CT molecular complexity index is 1150. The largest absolute Gasteiger partial charge is 0.495 e. The Morgan fingerprint density at radius 3 is 2.43 bits per heavy atom. The van der Waals surface area contributed by atoms with Gasteiger partial charge in [-0.1, -0.05) is 43.4 Å². The van der Waals surface area contributed by atoms with E-state index in [4.69, 9.17) is 9.72 Å². The highest BCUT2D eigenvalue weighted by Crippen LogP contribution is 2.37. The fraction of sp³-hybridized carbons (Fsp3) is 0.679. The van der Waals surface area contributed by atoms with Crippen LogP contribution < -0.4 is 14.8 Å². The van der Waals surface area contributed by atoms with Crippen molar-refractivity contribution in [2.45, 2.75) is 94.5 Å². The summed E-state index contributed by atoms with van der Waals surface area (Å²) in [5.74, 6) is 1.09. The number of piperidine rings is 1. The van der Waals surface area contributed by atoms with Crippen molar-refractivity contribution >= 4 is 26.5 Å². The Morgan fingerprint density at radius 2 is 1.73 bits per heavy atom. The number of hydrogen-bond donors (Lipinski definition) is 2. The summed E-state index contributed by atoms with van der Waals surface area (Å²) in [7, 11) is -2.20. The molecule has 3 aliphatic rings. The van der Waals surface area contributed by atoms with E-state index < -0.39 is 10.0 Å². The quantitative estimate of drug-likeness (QED) is 0.413. The fourth-order valence-electron chi connectivity index (χ4n) is 6.33. The molecule has 37 heavy (non-hydrogen) atoms. The molecule has 2 N–H and O–H groups in total. The van der Waals surface area contributed by atoms with Crippen molar-refractivity contribution in [2.24, 2.45) is 5.92 Å². The molecule has 0 spiro atoms. The van der Waals surface area contributed by atoms with E-state index in [2.05, 4.69) is 14.9 Å². The molecular formula is C28H42N4O3S2. The molecule has 2 saturated carbocycles. The zero-order chi connectivity index (χ0) is 25.8. The van der Waals surface area contributed by atoms with Gasteiger partial charge in [0.15, 0.2) is 5.13 Å². The van der Waals surface area contributed by atoms with Crippen LogP contribution in [0.25, 0.3) is 10.4 Å². The Kier molecular flexibility index (Phi) is 8.74. The van der Waals surface area contributed by atoms with Crippen LogP contribution in [0.15, 0.2) is 23.1 Å². The van der Waals surface area contributed by atoms with Gasteiger partial charge in [-0.05, 0) is 88.2 Å². The number of nitrogens with zero attached hydrogens (tertiary/aromatic N) is 2. The number of rotatable bonds is 9. The average molecular weight is 547 g/mol. The van der Waals surface area contributed by atoms with Gasteiger partial charge in [-0.2, -0.15) is 0 Å². The topological polar surface area (TPSA) is 83.6 Å². The van der Waals surface area contributed by atoms with E-state index in [1.54, 1.807) is 23.5 Å². The lowest BCUT2D eigenvalue weighted by Gasteiger charge is -2.36. The molecule has 2 aliphatic carbocycles. The number of sulfonamides is 1. The molecule has 204 valence electrons. The lowest BCUT2D eigenvalue weighted by Crippen LogP contribution is -2.47. The second-order valence-corrected chi connectivity index (χ2v) is 13.7. The normalized spacial score (nSPS) is 20.9. The van der Waals surface area contributed by atoms with Crippen molar-refractivity contribution in [3.05, 3.63) is 23.9 Å². The molecule has 3 fully saturated rings. The van der Waals surface area contributed by atoms with Crippen molar-refractivity contribution in [3.8, 4) is 16.2 Å². The third-order valence-corrected chi connectivity index (χ3v) is 11.2. The molecule has 0 atom stereocenters. The van der Waals surface area contributed by atoms with E-state index in [1.165, 1.54) is 64.9 Å². The first kappa shape index (κ1) is 26.9. The second-order valence-electron chi connectivity index (χ2n) is 11.1. The third-order valence-electron chi connectivity index (χ3n) is 8.47. The van der Waals surface area contributed by atoms with Gasteiger partial charge in [0, 0.05) is 18.6 Å². The molecule has 0 radical (unpaired) electrons. The Labute approximate surface area is 226 Å². The van der Waals surface area contributed by atoms with Gasteiger partial charge in [-0.25, -0.2) is 18.1 Å². The monoisotopic (exact) mass is 546 g/mol. The van der Waals surface area contributed by atoms with Gasteiger partial charge < -0.3 is 15.0 Å². The lowest BCUT2D eigenvalue weighted by atomic mass is 9.89. The maximum Gasteiger partial charge on any atom is 0.244 e. The highest BCUT2D eigenvalue weighted by molar-refractivity contribution is 7.89. The van der Waals surface area contributed by atoms with Crippen molar-refractivity contribution < 1.29 is 13.2 Å². The number of hydrogen-bond acceptors (Lipinski definition) is 7. The highest BCUT2D eigenvalue weighted by atomic mass is 32.2. The molecule has 1 aliphatic heterocycles. The van der Waals surface area contributed by atoms with E-state index >= 15 is 0 Å². The third kappa shape index (κ3) is 6.49. The number of ether oxygens (including phenoxy) is 1. The highest BCUT2D eigenvalue weighted by Gasteiger charge is 2.30. The zero-order valence-electron chi connectivity index (χ0n) is 22.3. The molecule has 1 aromatic heterocycles. The molecule has 1 saturated heterocycles. The minimum atomic E-state index is -3.73. The van der Waals surface area contributed by atoms with Crippen LogP contribution in [0.3, 0.4) is 0 Å². The average Bonchev–Trinajstić information content (AvgIpc) is 3.58. The zero-order valence-corrected chi connectivity index (χ0v) is 23.9. The standard InChI is InChI=1S/C28H42N4O3S2/c1-20-27(36-28(30-20)29-19-21-8-4-3-5-9-21)22-12-13-25(35-2)26(18-22)37(33,34)31-23-14-16-32(17-15-23)24-10-6-7-11-24/h12-13,18,21,23-24,31H,3-11,14-17,19H2,1-2H3,(H,29,30). The van der Waals surface area contributed by atoms with Crippen molar-refractivity contribution in [1.29, 1.82) is 0 Å². The number of anilines is 1. The molecule has 0 unspecified atom stereocenters. The number of aryl methyl sites for hydroxylation is 1. The number of likely N-dealkylation sites (tertiary alicyclic amines) is 1. The van der Waals surface area contributed by atoms with Crippen LogP contribution in [0.5, 0.6) is 5.75 Å². The molecule has 2 aromatic rings. The summed E-state index contributed by atoms with van der Waals surface area (Å²) in [6, 6.07) is 6.10. The van der Waals surface area contributed by atoms with E-state index in [-0.39, 0.29) is 10.9 Å². The van der Waals surface area contributed by atoms with Crippen LogP contribution in [0.4, 0.5) is 5.13 Å². The summed E-state index contributed by atoms with van der Waals surface area (Å²) in [5.41, 5.74) is 1.77. The van der Waals surface area contributed by atoms with Crippen LogP contribution in [-0.2, 0) is 10.0 Å². The first-order chi connectivity index (χ1) is 17.9. The van der Waals surface area contributed by atoms with Crippen molar-refractivity contribution in [2.75, 3.05) is 32.1 Å². The molecule has 0 bridgehead atoms. The summed E-state index contributed by atoms with van der Waals surface area (Å²) in [5, 5.41) is 4.45. The fourth-order valence-corrected chi connectivity index (χ4v) is 8.79. The van der Waals surface area contributed by atoms with Crippen LogP contribution in [0.2, 0.25) is 0 Å². The maximum absolute atomic E-state index is 13.5. The Morgan fingerprint density at radius 1 is 1.03 bits per heavy atom. The number of thiazole rings is 1. The summed E-state index contributed by atoms with van der Waals surface area (Å²) >= 11 is 1.60. The predicted molar refractivity (Wildman–Crippen MR) is 151 cm³/mol. The predicted octanol–water partition coefficient (Wildman–Crippen LogP) is 5.80. The maximum atomic E-state index is 13.5. The smallest absolute Gasteiger partial charge is 0.244 e. The molecule has 0 amide bonds. The van der Waals surface area contributed by atoms with Crippen molar-refractivity contribution in [3.63, 3.8) is 0 Å². The molecular weight excluding hydrogens is 504 g/mol. The minimum absolute atomic E-state index is 0.0447. The number of benzene rings is 1. The number of methoxy groups -OCH3 is 1. The summed E-state index contributed by atoms with van der Waals surface area (Å²) in [6.07, 6.45) is 13.5. The molecule has 5 rings (SSSR count). The van der Waals surface area contributed by atoms with Gasteiger partial charge in [0.1, 0.15) is 10.6 Å². The molecule has 7 nitrogen and oxygen atoms in total. The Hall–Kier alpha value is -1.68. The van der Waals surface area contributed by atoms with Gasteiger partial charge in [-0.3, -0.25) is 0 Å². The summed E-state index contributed by atoms with van der Waals surface area (Å²) in [6.45, 7) is 4.88. The molecule has 9 heteroatoms. The molecule has 1 aromatic carbocycles. The van der Waals surface area contributed by atoms with E-state index in [0.29, 0.717) is 11.8 Å². The van der Waals surface area contributed by atoms with E-state index in [0.717, 1.165) is 59.7 Å². The Balaban J connectivity index is 1.28. The van der Waals surface area contributed by atoms with Gasteiger partial charge in [0.2, 0.25) is 10.0 Å². The first-order valence-corrected chi connectivity index (χ1v) is 16.4. The van der Waals surface area contributed by atoms with Gasteiger partial charge in [0.25, 0.3) is 0 Å². The number of nitrogens with one attached hydrogen (secondary N) is 2. The molecule has 2 heterocycles. The van der Waals surface area contributed by atoms with Crippen LogP contribution in [-0.4, -0.2) is 57.1 Å². The summed E-state index contributed by atoms with van der Waals surface area (Å²) < 4.78 is 35.6. The minimum Gasteiger partial charge on any atom is -0.495 e. The lowest BCUT2D eigenvalue weighted by molar-refractivity contribution is 0.151. The van der Waals surface area contributed by atoms with Crippen molar-refractivity contribution in [1.82, 2.24) is 14.6 Å².